The summed E-state index contributed by atoms with van der Waals surface area (Å²) in [4.78, 5) is 38.8. The van der Waals surface area contributed by atoms with E-state index in [2.05, 4.69) is 0 Å². The predicted octanol–water partition coefficient (Wildman–Crippen LogP) is 1.92. The van der Waals surface area contributed by atoms with Crippen LogP contribution in [-0.2, 0) is 4.74 Å². The molecule has 1 aromatic rings. The van der Waals surface area contributed by atoms with Crippen molar-refractivity contribution in [1.82, 2.24) is 9.80 Å². The Hall–Kier alpha value is -3.04. The third kappa shape index (κ3) is 4.26. The molecule has 1 aromatic carbocycles. The van der Waals surface area contributed by atoms with Crippen molar-refractivity contribution in [3.05, 3.63) is 27.8 Å². The lowest BCUT2D eigenvalue weighted by Gasteiger charge is -2.34. The molecule has 10 heteroatoms. The van der Waals surface area contributed by atoms with Gasteiger partial charge in [0.15, 0.2) is 11.5 Å². The van der Waals surface area contributed by atoms with Crippen LogP contribution in [0.25, 0.3) is 0 Å². The SMILES string of the molecule is CC(C)COC(=O)N1CCN(C(=O)c2cc3c(cc2[N+](=O)[O-])OCCO3)CC1. The van der Waals surface area contributed by atoms with Crippen molar-refractivity contribution in [2.75, 3.05) is 46.0 Å². The van der Waals surface area contributed by atoms with E-state index in [9.17, 15) is 19.7 Å². The Bertz CT molecular complexity index is 773. The van der Waals surface area contributed by atoms with Gasteiger partial charge in [0.2, 0.25) is 0 Å². The number of ether oxygens (including phenoxy) is 3. The first-order chi connectivity index (χ1) is 13.4. The topological polar surface area (TPSA) is 111 Å². The molecule has 2 amide bonds. The molecule has 3 rings (SSSR count). The van der Waals surface area contributed by atoms with E-state index < -0.39 is 16.9 Å². The van der Waals surface area contributed by atoms with E-state index in [1.165, 1.54) is 21.9 Å². The van der Waals surface area contributed by atoms with E-state index in [1.54, 1.807) is 0 Å². The van der Waals surface area contributed by atoms with E-state index in [1.807, 2.05) is 13.8 Å². The summed E-state index contributed by atoms with van der Waals surface area (Å²) >= 11 is 0. The van der Waals surface area contributed by atoms with Gasteiger partial charge in [0.1, 0.15) is 18.8 Å². The van der Waals surface area contributed by atoms with Gasteiger partial charge in [-0.25, -0.2) is 4.79 Å². The summed E-state index contributed by atoms with van der Waals surface area (Å²) in [5.41, 5.74) is -0.377. The van der Waals surface area contributed by atoms with Crippen molar-refractivity contribution < 1.29 is 28.7 Å². The molecule has 0 radical (unpaired) electrons. The number of nitro groups is 1. The van der Waals surface area contributed by atoms with Crippen molar-refractivity contribution in [1.29, 1.82) is 0 Å². The van der Waals surface area contributed by atoms with Gasteiger partial charge in [0.05, 0.1) is 17.6 Å². The van der Waals surface area contributed by atoms with Crippen LogP contribution in [0.2, 0.25) is 0 Å². The largest absolute Gasteiger partial charge is 0.486 e. The number of nitrogens with zero attached hydrogens (tertiary/aromatic N) is 3. The Morgan fingerprint density at radius 3 is 2.25 bits per heavy atom. The molecule has 2 aliphatic heterocycles. The molecule has 0 bridgehead atoms. The van der Waals surface area contributed by atoms with Crippen LogP contribution in [0.1, 0.15) is 24.2 Å². The molecule has 28 heavy (non-hydrogen) atoms. The highest BCUT2D eigenvalue weighted by atomic mass is 16.6. The maximum absolute atomic E-state index is 12.9. The van der Waals surface area contributed by atoms with Crippen molar-refractivity contribution >= 4 is 17.7 Å². The number of carbonyl (C=O) groups is 2. The first kappa shape index (κ1) is 19.7. The molecule has 1 saturated heterocycles. The normalized spacial score (nSPS) is 16.1. The van der Waals surface area contributed by atoms with Crippen LogP contribution in [-0.4, -0.2) is 72.7 Å². The number of nitro benzene ring substituents is 1. The number of hydrogen-bond acceptors (Lipinski definition) is 7. The van der Waals surface area contributed by atoms with Gasteiger partial charge in [-0.1, -0.05) is 13.8 Å². The highest BCUT2D eigenvalue weighted by Gasteiger charge is 2.32. The fraction of sp³-hybridized carbons (Fsp3) is 0.556. The van der Waals surface area contributed by atoms with Crippen LogP contribution in [0.5, 0.6) is 11.5 Å². The molecule has 0 N–H and O–H groups in total. The molecule has 0 saturated carbocycles. The van der Waals surface area contributed by atoms with E-state index >= 15 is 0 Å². The Morgan fingerprint density at radius 2 is 1.68 bits per heavy atom. The summed E-state index contributed by atoms with van der Waals surface area (Å²) < 4.78 is 16.0. The van der Waals surface area contributed by atoms with Gasteiger partial charge in [-0.3, -0.25) is 14.9 Å². The second kappa shape index (κ2) is 8.32. The van der Waals surface area contributed by atoms with E-state index in [4.69, 9.17) is 14.2 Å². The Kier molecular flexibility index (Phi) is 5.86. The Balaban J connectivity index is 1.70. The molecule has 0 spiro atoms. The standard InChI is InChI=1S/C18H23N3O7/c1-12(2)11-28-18(23)20-5-3-19(4-6-20)17(22)13-9-15-16(27-8-7-26-15)10-14(13)21(24)25/h9-10,12H,3-8,11H2,1-2H3. The van der Waals surface area contributed by atoms with Crippen molar-refractivity contribution in [3.63, 3.8) is 0 Å². The van der Waals surface area contributed by atoms with Gasteiger partial charge < -0.3 is 24.0 Å². The molecule has 2 heterocycles. The smallest absolute Gasteiger partial charge is 0.409 e. The fourth-order valence-electron chi connectivity index (χ4n) is 2.99. The first-order valence-corrected chi connectivity index (χ1v) is 9.16. The van der Waals surface area contributed by atoms with Crippen LogP contribution in [0.3, 0.4) is 0 Å². The zero-order valence-corrected chi connectivity index (χ0v) is 15.9. The molecule has 0 aliphatic carbocycles. The maximum Gasteiger partial charge on any atom is 0.409 e. The number of benzene rings is 1. The lowest BCUT2D eigenvalue weighted by atomic mass is 10.1. The molecular formula is C18H23N3O7. The monoisotopic (exact) mass is 393 g/mol. The summed E-state index contributed by atoms with van der Waals surface area (Å²) in [6, 6.07) is 2.58. The van der Waals surface area contributed by atoms with Crippen LogP contribution in [0.15, 0.2) is 12.1 Å². The van der Waals surface area contributed by atoms with Gasteiger partial charge in [-0.15, -0.1) is 0 Å². The number of amides is 2. The average molecular weight is 393 g/mol. The average Bonchev–Trinajstić information content (AvgIpc) is 2.70. The number of piperazine rings is 1. The second-order valence-electron chi connectivity index (χ2n) is 7.02. The molecule has 0 aromatic heterocycles. The molecule has 0 unspecified atom stereocenters. The van der Waals surface area contributed by atoms with Gasteiger partial charge in [0, 0.05) is 32.2 Å². The first-order valence-electron chi connectivity index (χ1n) is 9.16. The Morgan fingerprint density at radius 1 is 1.11 bits per heavy atom. The third-order valence-corrected chi connectivity index (χ3v) is 4.45. The van der Waals surface area contributed by atoms with Gasteiger partial charge >= 0.3 is 6.09 Å². The van der Waals surface area contributed by atoms with E-state index in [0.29, 0.717) is 38.7 Å². The van der Waals surface area contributed by atoms with Crippen LogP contribution in [0.4, 0.5) is 10.5 Å². The van der Waals surface area contributed by atoms with Crippen molar-refractivity contribution in [3.8, 4) is 11.5 Å². The molecule has 152 valence electrons. The van der Waals surface area contributed by atoms with Crippen molar-refractivity contribution in [2.45, 2.75) is 13.8 Å². The molecule has 10 nitrogen and oxygen atoms in total. The quantitative estimate of drug-likeness (QED) is 0.567. The van der Waals surface area contributed by atoms with E-state index in [0.717, 1.165) is 0 Å². The van der Waals surface area contributed by atoms with Crippen LogP contribution < -0.4 is 9.47 Å². The second-order valence-corrected chi connectivity index (χ2v) is 7.02. The number of fused-ring (bicyclic) bond motifs is 1. The number of carbonyl (C=O) groups excluding carboxylic acids is 2. The van der Waals surface area contributed by atoms with Crippen molar-refractivity contribution in [2.24, 2.45) is 5.92 Å². The highest BCUT2D eigenvalue weighted by Crippen LogP contribution is 2.37. The zero-order valence-electron chi connectivity index (χ0n) is 15.9. The summed E-state index contributed by atoms with van der Waals surface area (Å²) in [5.74, 6) is 0.338. The molecular weight excluding hydrogens is 370 g/mol. The summed E-state index contributed by atoms with van der Waals surface area (Å²) in [7, 11) is 0. The maximum atomic E-state index is 12.9. The summed E-state index contributed by atoms with van der Waals surface area (Å²) in [5, 5.41) is 11.4. The minimum absolute atomic E-state index is 0.0508. The van der Waals surface area contributed by atoms with Gasteiger partial charge in [0.25, 0.3) is 11.6 Å². The zero-order chi connectivity index (χ0) is 20.3. The predicted molar refractivity (Wildman–Crippen MR) is 97.7 cm³/mol. The summed E-state index contributed by atoms with van der Waals surface area (Å²) in [6.07, 6.45) is -0.411. The molecule has 1 fully saturated rings. The third-order valence-electron chi connectivity index (χ3n) is 4.45. The highest BCUT2D eigenvalue weighted by molar-refractivity contribution is 5.99. The molecule has 0 atom stereocenters. The summed E-state index contributed by atoms with van der Waals surface area (Å²) in [6.45, 7) is 5.99. The number of hydrogen-bond donors (Lipinski definition) is 0. The van der Waals surface area contributed by atoms with Crippen LogP contribution in [0, 0.1) is 16.0 Å². The van der Waals surface area contributed by atoms with Crippen LogP contribution >= 0.6 is 0 Å². The van der Waals surface area contributed by atoms with E-state index in [-0.39, 0.29) is 36.0 Å². The van der Waals surface area contributed by atoms with Gasteiger partial charge in [-0.05, 0) is 5.92 Å². The minimum Gasteiger partial charge on any atom is -0.486 e. The van der Waals surface area contributed by atoms with Gasteiger partial charge in [-0.2, -0.15) is 0 Å². The fourth-order valence-corrected chi connectivity index (χ4v) is 2.99. The lowest BCUT2D eigenvalue weighted by molar-refractivity contribution is -0.385. The number of rotatable bonds is 4. The lowest BCUT2D eigenvalue weighted by Crippen LogP contribution is -2.51. The Labute approximate surface area is 162 Å². The molecule has 2 aliphatic rings. The minimum atomic E-state index is -0.606.